The summed E-state index contributed by atoms with van der Waals surface area (Å²) in [7, 11) is -3.60. The van der Waals surface area contributed by atoms with Crippen LogP contribution in [0.15, 0.2) is 47.4 Å². The van der Waals surface area contributed by atoms with Crippen molar-refractivity contribution in [3.8, 4) is 0 Å². The molecule has 1 amide bonds. The van der Waals surface area contributed by atoms with Crippen molar-refractivity contribution < 1.29 is 13.2 Å². The van der Waals surface area contributed by atoms with Gasteiger partial charge in [0.05, 0.1) is 4.90 Å². The van der Waals surface area contributed by atoms with Crippen LogP contribution in [0.3, 0.4) is 0 Å². The van der Waals surface area contributed by atoms with Gasteiger partial charge in [-0.3, -0.25) is 4.79 Å². The van der Waals surface area contributed by atoms with Crippen LogP contribution in [0, 0.1) is 0 Å². The summed E-state index contributed by atoms with van der Waals surface area (Å²) in [5.41, 5.74) is 4.00. The predicted octanol–water partition coefficient (Wildman–Crippen LogP) is 2.56. The van der Waals surface area contributed by atoms with Crippen molar-refractivity contribution in [2.24, 2.45) is 0 Å². The first-order valence-corrected chi connectivity index (χ1v) is 9.95. The number of hydrogen-bond donors (Lipinski definition) is 1. The van der Waals surface area contributed by atoms with E-state index in [1.807, 2.05) is 18.2 Å². The van der Waals surface area contributed by atoms with E-state index >= 15 is 0 Å². The van der Waals surface area contributed by atoms with Crippen molar-refractivity contribution in [2.45, 2.75) is 37.1 Å². The zero-order valence-electron chi connectivity index (χ0n) is 14.0. The lowest BCUT2D eigenvalue weighted by atomic mass is 10.1. The van der Waals surface area contributed by atoms with Gasteiger partial charge < -0.3 is 4.90 Å². The van der Waals surface area contributed by atoms with Gasteiger partial charge in [-0.25, -0.2) is 13.1 Å². The molecule has 4 rings (SSSR count). The molecule has 0 spiro atoms. The van der Waals surface area contributed by atoms with Gasteiger partial charge in [0.25, 0.3) is 0 Å². The Bertz CT molecular complexity index is 953. The summed E-state index contributed by atoms with van der Waals surface area (Å²) in [6.07, 6.45) is 2.35. The summed E-state index contributed by atoms with van der Waals surface area (Å²) in [6, 6.07) is 12.8. The van der Waals surface area contributed by atoms with Crippen LogP contribution in [-0.4, -0.2) is 20.9 Å². The number of sulfonamides is 1. The van der Waals surface area contributed by atoms with Crippen molar-refractivity contribution in [2.75, 3.05) is 11.4 Å². The second-order valence-corrected chi connectivity index (χ2v) is 8.34. The van der Waals surface area contributed by atoms with Crippen LogP contribution in [0.4, 0.5) is 5.69 Å². The van der Waals surface area contributed by atoms with E-state index in [1.54, 1.807) is 23.1 Å². The highest BCUT2D eigenvalue weighted by Gasteiger charge is 2.29. The summed E-state index contributed by atoms with van der Waals surface area (Å²) in [6.45, 7) is 2.14. The molecule has 1 unspecified atom stereocenters. The molecular weight excluding hydrogens is 336 g/mol. The Morgan fingerprint density at radius 2 is 1.92 bits per heavy atom. The first-order valence-electron chi connectivity index (χ1n) is 8.47. The lowest BCUT2D eigenvalue weighted by molar-refractivity contribution is -0.116. The van der Waals surface area contributed by atoms with Crippen LogP contribution < -0.4 is 9.62 Å². The maximum atomic E-state index is 12.8. The van der Waals surface area contributed by atoms with Crippen molar-refractivity contribution in [1.82, 2.24) is 4.72 Å². The number of amides is 1. The molecular formula is C19H20N2O3S. The number of rotatable bonds is 3. The number of anilines is 1. The Kier molecular flexibility index (Phi) is 3.89. The van der Waals surface area contributed by atoms with Crippen LogP contribution in [0.2, 0.25) is 0 Å². The number of fused-ring (bicyclic) bond motifs is 2. The molecule has 6 heteroatoms. The van der Waals surface area contributed by atoms with Gasteiger partial charge in [0.15, 0.2) is 0 Å². The molecule has 0 radical (unpaired) electrons. The molecule has 2 aliphatic rings. The topological polar surface area (TPSA) is 66.5 Å². The Morgan fingerprint density at radius 1 is 1.12 bits per heavy atom. The molecule has 1 aliphatic carbocycles. The molecule has 25 heavy (non-hydrogen) atoms. The average Bonchev–Trinajstić information content (AvgIpc) is 3.18. The van der Waals surface area contributed by atoms with Crippen LogP contribution >= 0.6 is 0 Å². The largest absolute Gasteiger partial charge is 0.312 e. The Morgan fingerprint density at radius 3 is 2.72 bits per heavy atom. The van der Waals surface area contributed by atoms with Gasteiger partial charge >= 0.3 is 0 Å². The van der Waals surface area contributed by atoms with Crippen molar-refractivity contribution in [3.05, 3.63) is 59.2 Å². The molecule has 0 saturated heterocycles. The molecule has 1 N–H and O–H groups in total. The third-order valence-corrected chi connectivity index (χ3v) is 6.54. The van der Waals surface area contributed by atoms with Gasteiger partial charge in [0.1, 0.15) is 0 Å². The van der Waals surface area contributed by atoms with Crippen molar-refractivity contribution in [3.63, 3.8) is 0 Å². The Labute approximate surface area is 147 Å². The van der Waals surface area contributed by atoms with Crippen LogP contribution in [-0.2, 0) is 27.7 Å². The fourth-order valence-electron chi connectivity index (χ4n) is 3.81. The lowest BCUT2D eigenvalue weighted by Crippen LogP contribution is -2.27. The Balaban J connectivity index is 1.61. The molecule has 0 bridgehead atoms. The minimum Gasteiger partial charge on any atom is -0.312 e. The molecule has 0 saturated carbocycles. The SMILES string of the molecule is CC(=O)N1CCc2cc(S(=O)(=O)NC3CCc4ccccc43)ccc21. The summed E-state index contributed by atoms with van der Waals surface area (Å²) >= 11 is 0. The highest BCUT2D eigenvalue weighted by molar-refractivity contribution is 7.89. The third kappa shape index (κ3) is 2.85. The first-order chi connectivity index (χ1) is 12.0. The smallest absolute Gasteiger partial charge is 0.241 e. The minimum absolute atomic E-state index is 0.0185. The van der Waals surface area contributed by atoms with E-state index < -0.39 is 10.0 Å². The molecule has 1 heterocycles. The third-order valence-electron chi connectivity index (χ3n) is 5.07. The zero-order chi connectivity index (χ0) is 17.6. The van der Waals surface area contributed by atoms with E-state index in [0.717, 1.165) is 29.7 Å². The number of nitrogens with one attached hydrogen (secondary N) is 1. The van der Waals surface area contributed by atoms with E-state index in [1.165, 1.54) is 12.5 Å². The standard InChI is InChI=1S/C19H20N2O3S/c1-13(22)21-11-10-15-12-16(7-9-19(15)21)25(23,24)20-18-8-6-14-4-2-3-5-17(14)18/h2-5,7,9,12,18,20H,6,8,10-11H2,1H3. The predicted molar refractivity (Wildman–Crippen MR) is 96.0 cm³/mol. The number of hydrogen-bond acceptors (Lipinski definition) is 3. The fourth-order valence-corrected chi connectivity index (χ4v) is 5.11. The molecule has 2 aromatic rings. The highest BCUT2D eigenvalue weighted by atomic mass is 32.2. The first kappa shape index (κ1) is 16.3. The molecule has 5 nitrogen and oxygen atoms in total. The molecule has 1 aliphatic heterocycles. The van der Waals surface area contributed by atoms with Gasteiger partial charge in [-0.2, -0.15) is 0 Å². The number of benzene rings is 2. The van der Waals surface area contributed by atoms with Gasteiger partial charge in [-0.05, 0) is 54.2 Å². The van der Waals surface area contributed by atoms with Gasteiger partial charge in [0, 0.05) is 25.2 Å². The molecule has 0 aromatic heterocycles. The highest BCUT2D eigenvalue weighted by Crippen LogP contribution is 2.34. The maximum absolute atomic E-state index is 12.8. The van der Waals surface area contributed by atoms with E-state index in [0.29, 0.717) is 13.0 Å². The van der Waals surface area contributed by atoms with E-state index in [2.05, 4.69) is 10.8 Å². The normalized spacial score (nSPS) is 18.9. The lowest BCUT2D eigenvalue weighted by Gasteiger charge is -2.17. The Hall–Kier alpha value is -2.18. The second kappa shape index (κ2) is 5.97. The van der Waals surface area contributed by atoms with Crippen LogP contribution in [0.5, 0.6) is 0 Å². The quantitative estimate of drug-likeness (QED) is 0.919. The summed E-state index contributed by atoms with van der Waals surface area (Å²) < 4.78 is 28.5. The number of nitrogens with zero attached hydrogens (tertiary/aromatic N) is 1. The maximum Gasteiger partial charge on any atom is 0.241 e. The van der Waals surface area contributed by atoms with E-state index in [9.17, 15) is 13.2 Å². The summed E-state index contributed by atoms with van der Waals surface area (Å²) in [4.78, 5) is 13.6. The zero-order valence-corrected chi connectivity index (χ0v) is 14.8. The van der Waals surface area contributed by atoms with Crippen LogP contribution in [0.25, 0.3) is 0 Å². The molecule has 1 atom stereocenters. The van der Waals surface area contributed by atoms with E-state index in [4.69, 9.17) is 0 Å². The summed E-state index contributed by atoms with van der Waals surface area (Å²) in [5.74, 6) is -0.0185. The van der Waals surface area contributed by atoms with Crippen LogP contribution in [0.1, 0.15) is 36.1 Å². The van der Waals surface area contributed by atoms with Crippen molar-refractivity contribution in [1.29, 1.82) is 0 Å². The molecule has 0 fully saturated rings. The molecule has 130 valence electrons. The minimum atomic E-state index is -3.60. The van der Waals surface area contributed by atoms with Gasteiger partial charge in [-0.15, -0.1) is 0 Å². The van der Waals surface area contributed by atoms with E-state index in [-0.39, 0.29) is 16.8 Å². The number of carbonyl (C=O) groups is 1. The van der Waals surface area contributed by atoms with Crippen molar-refractivity contribution >= 4 is 21.6 Å². The monoisotopic (exact) mass is 356 g/mol. The number of aryl methyl sites for hydroxylation is 1. The second-order valence-electron chi connectivity index (χ2n) is 6.62. The van der Waals surface area contributed by atoms with Gasteiger partial charge in [0.2, 0.25) is 15.9 Å². The van der Waals surface area contributed by atoms with Gasteiger partial charge in [-0.1, -0.05) is 24.3 Å². The fraction of sp³-hybridized carbons (Fsp3) is 0.316. The molecule has 2 aromatic carbocycles. The average molecular weight is 356 g/mol. The number of carbonyl (C=O) groups excluding carboxylic acids is 1. The summed E-state index contributed by atoms with van der Waals surface area (Å²) in [5, 5.41) is 0.